The van der Waals surface area contributed by atoms with E-state index in [1.807, 2.05) is 65.4 Å². The van der Waals surface area contributed by atoms with Gasteiger partial charge in [0, 0.05) is 23.3 Å². The SMILES string of the molecule is Cc1cc(C(=O)NC(c2nnc3ccccn23)C(C)C)c(C)n1-c1ccc(C#N)cc1. The van der Waals surface area contributed by atoms with Crippen LogP contribution < -0.4 is 5.32 Å². The number of hydrogen-bond acceptors (Lipinski definition) is 4. The molecule has 31 heavy (non-hydrogen) atoms. The third-order valence-corrected chi connectivity index (χ3v) is 5.50. The summed E-state index contributed by atoms with van der Waals surface area (Å²) < 4.78 is 3.93. The molecular formula is C24H24N6O. The molecule has 1 amide bonds. The second kappa shape index (κ2) is 8.07. The number of carbonyl (C=O) groups is 1. The topological polar surface area (TPSA) is 88.0 Å². The van der Waals surface area contributed by atoms with E-state index < -0.39 is 0 Å². The number of fused-ring (bicyclic) bond motifs is 1. The molecule has 1 atom stereocenters. The molecule has 4 aromatic rings. The van der Waals surface area contributed by atoms with Gasteiger partial charge in [0.25, 0.3) is 5.91 Å². The predicted molar refractivity (Wildman–Crippen MR) is 118 cm³/mol. The van der Waals surface area contributed by atoms with Crippen molar-refractivity contribution in [1.29, 1.82) is 5.26 Å². The number of hydrogen-bond donors (Lipinski definition) is 1. The van der Waals surface area contributed by atoms with E-state index in [0.717, 1.165) is 22.7 Å². The van der Waals surface area contributed by atoms with Gasteiger partial charge in [-0.15, -0.1) is 10.2 Å². The van der Waals surface area contributed by atoms with Gasteiger partial charge in [-0.3, -0.25) is 9.20 Å². The molecule has 1 aromatic carbocycles. The number of nitrogens with zero attached hydrogens (tertiary/aromatic N) is 5. The first kappa shape index (κ1) is 20.4. The molecule has 3 heterocycles. The zero-order valence-corrected chi connectivity index (χ0v) is 18.0. The molecule has 0 saturated heterocycles. The summed E-state index contributed by atoms with van der Waals surface area (Å²) >= 11 is 0. The Morgan fingerprint density at radius 3 is 2.52 bits per heavy atom. The van der Waals surface area contributed by atoms with Crippen LogP contribution in [0.25, 0.3) is 11.3 Å². The maximum Gasteiger partial charge on any atom is 0.253 e. The molecule has 3 aromatic heterocycles. The van der Waals surface area contributed by atoms with Crippen molar-refractivity contribution < 1.29 is 4.79 Å². The average Bonchev–Trinajstić information content (AvgIpc) is 3.32. The highest BCUT2D eigenvalue weighted by atomic mass is 16.1. The maximum atomic E-state index is 13.3. The second-order valence-electron chi connectivity index (χ2n) is 7.96. The summed E-state index contributed by atoms with van der Waals surface area (Å²) in [6.45, 7) is 7.99. The largest absolute Gasteiger partial charge is 0.342 e. The van der Waals surface area contributed by atoms with Crippen LogP contribution >= 0.6 is 0 Å². The Balaban J connectivity index is 1.66. The number of amides is 1. The summed E-state index contributed by atoms with van der Waals surface area (Å²) in [4.78, 5) is 13.3. The van der Waals surface area contributed by atoms with E-state index in [-0.39, 0.29) is 17.9 Å². The summed E-state index contributed by atoms with van der Waals surface area (Å²) in [5.41, 5.74) is 4.66. The van der Waals surface area contributed by atoms with Crippen LogP contribution in [-0.4, -0.2) is 25.1 Å². The lowest BCUT2D eigenvalue weighted by atomic mass is 10.0. The van der Waals surface area contributed by atoms with E-state index >= 15 is 0 Å². The first-order valence-corrected chi connectivity index (χ1v) is 10.2. The van der Waals surface area contributed by atoms with Gasteiger partial charge in [-0.2, -0.15) is 5.26 Å². The minimum Gasteiger partial charge on any atom is -0.342 e. The molecule has 0 bridgehead atoms. The zero-order chi connectivity index (χ0) is 22.1. The fourth-order valence-electron chi connectivity index (χ4n) is 3.90. The Bertz CT molecular complexity index is 1290. The molecule has 0 saturated carbocycles. The van der Waals surface area contributed by atoms with E-state index in [4.69, 9.17) is 5.26 Å². The van der Waals surface area contributed by atoms with Gasteiger partial charge in [-0.05, 0) is 62.2 Å². The molecule has 1 N–H and O–H groups in total. The quantitative estimate of drug-likeness (QED) is 0.534. The van der Waals surface area contributed by atoms with Crippen molar-refractivity contribution in [3.05, 3.63) is 83.1 Å². The molecule has 0 fully saturated rings. The molecule has 4 rings (SSSR count). The fraction of sp³-hybridized carbons (Fsp3) is 0.250. The number of rotatable bonds is 5. The molecule has 0 aliphatic carbocycles. The summed E-state index contributed by atoms with van der Waals surface area (Å²) in [6, 6.07) is 16.8. The highest BCUT2D eigenvalue weighted by molar-refractivity contribution is 5.96. The molecule has 0 aliphatic rings. The van der Waals surface area contributed by atoms with Crippen molar-refractivity contribution >= 4 is 11.6 Å². The molecular weight excluding hydrogens is 388 g/mol. The molecule has 0 radical (unpaired) electrons. The van der Waals surface area contributed by atoms with Crippen LogP contribution in [0.15, 0.2) is 54.7 Å². The van der Waals surface area contributed by atoms with Gasteiger partial charge in [0.05, 0.1) is 23.2 Å². The maximum absolute atomic E-state index is 13.3. The van der Waals surface area contributed by atoms with E-state index in [0.29, 0.717) is 17.0 Å². The summed E-state index contributed by atoms with van der Waals surface area (Å²) in [7, 11) is 0. The third kappa shape index (κ3) is 3.68. The van der Waals surface area contributed by atoms with Gasteiger partial charge in [0.2, 0.25) is 0 Å². The monoisotopic (exact) mass is 412 g/mol. The Morgan fingerprint density at radius 2 is 1.84 bits per heavy atom. The van der Waals surface area contributed by atoms with Crippen LogP contribution in [0.1, 0.15) is 53.0 Å². The molecule has 1 unspecified atom stereocenters. The van der Waals surface area contributed by atoms with Crippen LogP contribution in [0, 0.1) is 31.1 Å². The Morgan fingerprint density at radius 1 is 1.10 bits per heavy atom. The van der Waals surface area contributed by atoms with Gasteiger partial charge in [-0.25, -0.2) is 0 Å². The van der Waals surface area contributed by atoms with Crippen LogP contribution in [-0.2, 0) is 0 Å². The number of nitriles is 1. The van der Waals surface area contributed by atoms with Gasteiger partial charge in [-0.1, -0.05) is 19.9 Å². The summed E-state index contributed by atoms with van der Waals surface area (Å²) in [6.07, 6.45) is 1.91. The zero-order valence-electron chi connectivity index (χ0n) is 18.0. The van der Waals surface area contributed by atoms with Crippen LogP contribution in [0.2, 0.25) is 0 Å². The average molecular weight is 412 g/mol. The molecule has 7 nitrogen and oxygen atoms in total. The van der Waals surface area contributed by atoms with E-state index in [1.54, 1.807) is 12.1 Å². The highest BCUT2D eigenvalue weighted by Gasteiger charge is 2.26. The first-order valence-electron chi connectivity index (χ1n) is 10.2. The summed E-state index contributed by atoms with van der Waals surface area (Å²) in [5.74, 6) is 0.679. The van der Waals surface area contributed by atoms with Crippen molar-refractivity contribution in [2.24, 2.45) is 5.92 Å². The van der Waals surface area contributed by atoms with E-state index in [2.05, 4.69) is 35.4 Å². The van der Waals surface area contributed by atoms with E-state index in [9.17, 15) is 4.79 Å². The fourth-order valence-corrected chi connectivity index (χ4v) is 3.90. The Kier molecular flexibility index (Phi) is 5.30. The van der Waals surface area contributed by atoms with Crippen molar-refractivity contribution in [1.82, 2.24) is 24.5 Å². The highest BCUT2D eigenvalue weighted by Crippen LogP contribution is 2.25. The molecule has 0 spiro atoms. The van der Waals surface area contributed by atoms with Gasteiger partial charge >= 0.3 is 0 Å². The van der Waals surface area contributed by atoms with Gasteiger partial charge < -0.3 is 9.88 Å². The number of nitrogens with one attached hydrogen (secondary N) is 1. The number of pyridine rings is 1. The van der Waals surface area contributed by atoms with Crippen molar-refractivity contribution in [2.45, 2.75) is 33.7 Å². The number of aryl methyl sites for hydroxylation is 1. The minimum absolute atomic E-state index is 0.124. The lowest BCUT2D eigenvalue weighted by Crippen LogP contribution is -2.33. The van der Waals surface area contributed by atoms with Crippen LogP contribution in [0.4, 0.5) is 0 Å². The van der Waals surface area contributed by atoms with Gasteiger partial charge in [0.15, 0.2) is 11.5 Å². The van der Waals surface area contributed by atoms with Gasteiger partial charge in [0.1, 0.15) is 0 Å². The molecule has 7 heteroatoms. The smallest absolute Gasteiger partial charge is 0.253 e. The standard InChI is InChI=1S/C24H24N6O/c1-15(2)22(23-28-27-21-7-5-6-12-29(21)23)26-24(31)20-13-16(3)30(17(20)4)19-10-8-18(14-25)9-11-19/h5-13,15,22H,1-4H3,(H,26,31). The minimum atomic E-state index is -0.289. The van der Waals surface area contributed by atoms with E-state index in [1.165, 1.54) is 0 Å². The number of benzene rings is 1. The Hall–Kier alpha value is -3.92. The second-order valence-corrected chi connectivity index (χ2v) is 7.96. The summed E-state index contributed by atoms with van der Waals surface area (Å²) in [5, 5.41) is 20.8. The van der Waals surface area contributed by atoms with Crippen molar-refractivity contribution in [3.8, 4) is 11.8 Å². The lowest BCUT2D eigenvalue weighted by Gasteiger charge is -2.21. The van der Waals surface area contributed by atoms with Crippen LogP contribution in [0.3, 0.4) is 0 Å². The van der Waals surface area contributed by atoms with Crippen molar-refractivity contribution in [2.75, 3.05) is 0 Å². The molecule has 0 aliphatic heterocycles. The Labute approximate surface area is 181 Å². The molecule has 156 valence electrons. The van der Waals surface area contributed by atoms with Crippen molar-refractivity contribution in [3.63, 3.8) is 0 Å². The number of carbonyl (C=O) groups excluding carboxylic acids is 1. The number of aromatic nitrogens is 4. The lowest BCUT2D eigenvalue weighted by molar-refractivity contribution is 0.0922. The third-order valence-electron chi connectivity index (χ3n) is 5.50. The van der Waals surface area contributed by atoms with Crippen LogP contribution in [0.5, 0.6) is 0 Å². The predicted octanol–water partition coefficient (Wildman–Crippen LogP) is 4.14. The first-order chi connectivity index (χ1) is 14.9. The normalized spacial score (nSPS) is 12.1.